The van der Waals surface area contributed by atoms with Crippen LogP contribution in [0.5, 0.6) is 0 Å². The van der Waals surface area contributed by atoms with Crippen molar-refractivity contribution >= 4 is 37.1 Å². The highest BCUT2D eigenvalue weighted by molar-refractivity contribution is 9.10. The molecule has 0 unspecified atom stereocenters. The normalized spacial score (nSPS) is 13.2. The van der Waals surface area contributed by atoms with Crippen molar-refractivity contribution in [2.45, 2.75) is 36.7 Å². The first-order chi connectivity index (χ1) is 6.16. The zero-order chi connectivity index (χ0) is 11.1. The van der Waals surface area contributed by atoms with Crippen molar-refractivity contribution in [1.29, 1.82) is 0 Å². The van der Waals surface area contributed by atoms with Crippen LogP contribution in [0.1, 0.15) is 25.6 Å². The first kappa shape index (κ1) is 12.2. The van der Waals surface area contributed by atoms with Crippen LogP contribution in [0.2, 0.25) is 0 Å². The Bertz CT molecular complexity index is 418. The Morgan fingerprint density at radius 3 is 2.14 bits per heavy atom. The lowest BCUT2D eigenvalue weighted by molar-refractivity contribution is 0.562. The minimum Gasteiger partial charge on any atom is -0.222 e. The summed E-state index contributed by atoms with van der Waals surface area (Å²) in [5.41, 5.74) is 0. The highest BCUT2D eigenvalue weighted by Gasteiger charge is 2.32. The van der Waals surface area contributed by atoms with E-state index in [0.29, 0.717) is 4.21 Å². The van der Waals surface area contributed by atoms with Crippen molar-refractivity contribution in [3.8, 4) is 0 Å². The molecule has 0 aromatic carbocycles. The van der Waals surface area contributed by atoms with E-state index in [2.05, 4.69) is 15.9 Å². The van der Waals surface area contributed by atoms with Gasteiger partial charge in [-0.3, -0.25) is 0 Å². The Morgan fingerprint density at radius 2 is 1.86 bits per heavy atom. The molecule has 0 N–H and O–H groups in total. The van der Waals surface area contributed by atoms with Gasteiger partial charge in [-0.25, -0.2) is 8.42 Å². The lowest BCUT2D eigenvalue weighted by atomic mass is 10.3. The molecule has 0 fully saturated rings. The third kappa shape index (κ3) is 2.04. The lowest BCUT2D eigenvalue weighted by Gasteiger charge is -2.17. The molecule has 80 valence electrons. The molecule has 0 aliphatic carbocycles. The first-order valence-corrected chi connectivity index (χ1v) is 7.26. The van der Waals surface area contributed by atoms with Gasteiger partial charge in [-0.15, -0.1) is 11.3 Å². The molecule has 2 nitrogen and oxygen atoms in total. The average Bonchev–Trinajstić information content (AvgIpc) is 2.30. The number of halogens is 1. The third-order valence-corrected chi connectivity index (χ3v) is 7.01. The van der Waals surface area contributed by atoms with Crippen molar-refractivity contribution < 1.29 is 8.42 Å². The third-order valence-electron chi connectivity index (χ3n) is 1.91. The number of hydrogen-bond acceptors (Lipinski definition) is 3. The number of aryl methyl sites for hydroxylation is 1. The number of thiophene rings is 1. The maximum absolute atomic E-state index is 12.0. The van der Waals surface area contributed by atoms with E-state index in [-0.39, 0.29) is 0 Å². The van der Waals surface area contributed by atoms with Gasteiger partial charge in [0.1, 0.15) is 4.21 Å². The van der Waals surface area contributed by atoms with Crippen LogP contribution in [-0.2, 0) is 9.84 Å². The highest BCUT2D eigenvalue weighted by Crippen LogP contribution is 2.34. The molecular weight excluding hydrogens is 284 g/mol. The predicted molar refractivity (Wildman–Crippen MR) is 63.7 cm³/mol. The fourth-order valence-corrected chi connectivity index (χ4v) is 4.72. The van der Waals surface area contributed by atoms with Crippen molar-refractivity contribution in [2.24, 2.45) is 0 Å². The maximum Gasteiger partial charge on any atom is 0.192 e. The Hall–Kier alpha value is 0.130. The van der Waals surface area contributed by atoms with Gasteiger partial charge in [0.2, 0.25) is 0 Å². The van der Waals surface area contributed by atoms with Crippen molar-refractivity contribution in [1.82, 2.24) is 0 Å². The molecule has 1 aromatic heterocycles. The van der Waals surface area contributed by atoms with Crippen molar-refractivity contribution in [3.63, 3.8) is 0 Å². The standard InChI is InChI=1S/C9H13BrO2S2/c1-6-7(10)5-8(13-6)14(11,12)9(2,3)4/h5H,1-4H3. The number of sulfone groups is 1. The van der Waals surface area contributed by atoms with Gasteiger partial charge in [0.25, 0.3) is 0 Å². The topological polar surface area (TPSA) is 34.1 Å². The van der Waals surface area contributed by atoms with Gasteiger partial charge in [0, 0.05) is 9.35 Å². The summed E-state index contributed by atoms with van der Waals surface area (Å²) < 4.78 is 24.6. The van der Waals surface area contributed by atoms with Crippen molar-refractivity contribution in [3.05, 3.63) is 15.4 Å². The van der Waals surface area contributed by atoms with Crippen LogP contribution < -0.4 is 0 Å². The van der Waals surface area contributed by atoms with E-state index in [1.54, 1.807) is 26.8 Å². The lowest BCUT2D eigenvalue weighted by Crippen LogP contribution is -2.27. The van der Waals surface area contributed by atoms with Crippen molar-refractivity contribution in [2.75, 3.05) is 0 Å². The molecule has 0 saturated heterocycles. The van der Waals surface area contributed by atoms with E-state index in [0.717, 1.165) is 9.35 Å². The maximum atomic E-state index is 12.0. The van der Waals surface area contributed by atoms with Gasteiger partial charge >= 0.3 is 0 Å². The Labute approximate surface area is 97.4 Å². The molecule has 0 saturated carbocycles. The molecule has 5 heteroatoms. The van der Waals surface area contributed by atoms with Crippen LogP contribution >= 0.6 is 27.3 Å². The predicted octanol–water partition coefficient (Wildman–Crippen LogP) is 3.39. The van der Waals surface area contributed by atoms with E-state index in [9.17, 15) is 8.42 Å². The average molecular weight is 297 g/mol. The molecule has 14 heavy (non-hydrogen) atoms. The molecule has 1 aromatic rings. The Balaban J connectivity index is 3.32. The van der Waals surface area contributed by atoms with Crippen LogP contribution in [0.4, 0.5) is 0 Å². The highest BCUT2D eigenvalue weighted by atomic mass is 79.9. The van der Waals surface area contributed by atoms with Gasteiger partial charge in [-0.05, 0) is 49.7 Å². The summed E-state index contributed by atoms with van der Waals surface area (Å²) in [4.78, 5) is 0.993. The van der Waals surface area contributed by atoms with Crippen LogP contribution in [0.15, 0.2) is 14.7 Å². The minimum atomic E-state index is -3.19. The van der Waals surface area contributed by atoms with Gasteiger partial charge in [-0.1, -0.05) is 0 Å². The van der Waals surface area contributed by atoms with Crippen LogP contribution in [-0.4, -0.2) is 13.2 Å². The van der Waals surface area contributed by atoms with Crippen LogP contribution in [0, 0.1) is 6.92 Å². The summed E-state index contributed by atoms with van der Waals surface area (Å²) in [6.07, 6.45) is 0. The SMILES string of the molecule is Cc1sc(S(=O)(=O)C(C)(C)C)cc1Br. The fraction of sp³-hybridized carbons (Fsp3) is 0.556. The van der Waals surface area contributed by atoms with E-state index < -0.39 is 14.6 Å². The van der Waals surface area contributed by atoms with E-state index in [1.807, 2.05) is 6.92 Å². The van der Waals surface area contributed by atoms with E-state index in [4.69, 9.17) is 0 Å². The molecule has 0 radical (unpaired) electrons. The second-order valence-electron chi connectivity index (χ2n) is 4.09. The molecular formula is C9H13BrO2S2. The van der Waals surface area contributed by atoms with Crippen LogP contribution in [0.3, 0.4) is 0 Å². The molecule has 0 atom stereocenters. The summed E-state index contributed by atoms with van der Waals surface area (Å²) in [5.74, 6) is 0. The molecule has 0 aliphatic rings. The number of hydrogen-bond donors (Lipinski definition) is 0. The zero-order valence-corrected chi connectivity index (χ0v) is 11.8. The molecule has 0 bridgehead atoms. The first-order valence-electron chi connectivity index (χ1n) is 4.17. The van der Waals surface area contributed by atoms with Gasteiger partial charge < -0.3 is 0 Å². The molecule has 1 heterocycles. The monoisotopic (exact) mass is 296 g/mol. The smallest absolute Gasteiger partial charge is 0.192 e. The summed E-state index contributed by atoms with van der Waals surface area (Å²) >= 11 is 4.63. The zero-order valence-electron chi connectivity index (χ0n) is 8.59. The summed E-state index contributed by atoms with van der Waals surface area (Å²) in [6, 6.07) is 1.68. The molecule has 0 spiro atoms. The number of rotatable bonds is 1. The van der Waals surface area contributed by atoms with E-state index in [1.165, 1.54) is 11.3 Å². The molecule has 0 aliphatic heterocycles. The van der Waals surface area contributed by atoms with Gasteiger partial charge in [-0.2, -0.15) is 0 Å². The minimum absolute atomic E-state index is 0.439. The Kier molecular flexibility index (Phi) is 3.15. The summed E-state index contributed by atoms with van der Waals surface area (Å²) in [6.45, 7) is 7.04. The van der Waals surface area contributed by atoms with Crippen LogP contribution in [0.25, 0.3) is 0 Å². The second-order valence-corrected chi connectivity index (χ2v) is 9.13. The van der Waals surface area contributed by atoms with Gasteiger partial charge in [0.15, 0.2) is 9.84 Å². The largest absolute Gasteiger partial charge is 0.222 e. The summed E-state index contributed by atoms with van der Waals surface area (Å²) in [5, 5.41) is 0. The fourth-order valence-electron chi connectivity index (χ4n) is 0.868. The van der Waals surface area contributed by atoms with E-state index >= 15 is 0 Å². The summed E-state index contributed by atoms with van der Waals surface area (Å²) in [7, 11) is -3.19. The van der Waals surface area contributed by atoms with Gasteiger partial charge in [0.05, 0.1) is 4.75 Å². The quantitative estimate of drug-likeness (QED) is 0.796. The second kappa shape index (κ2) is 3.61. The molecule has 1 rings (SSSR count). The molecule has 0 amide bonds. The Morgan fingerprint density at radius 1 is 1.36 bits per heavy atom.